The minimum Gasteiger partial charge on any atom is -0.371 e. The zero-order valence-electron chi connectivity index (χ0n) is 14.2. The van der Waals surface area contributed by atoms with Crippen molar-refractivity contribution in [2.75, 3.05) is 23.8 Å². The van der Waals surface area contributed by atoms with Crippen molar-refractivity contribution in [2.24, 2.45) is 0 Å². The van der Waals surface area contributed by atoms with Crippen molar-refractivity contribution in [3.63, 3.8) is 0 Å². The normalized spacial score (nSPS) is 17.4. The van der Waals surface area contributed by atoms with E-state index in [4.69, 9.17) is 23.2 Å². The van der Waals surface area contributed by atoms with Crippen LogP contribution in [-0.4, -0.2) is 34.0 Å². The lowest BCUT2D eigenvalue weighted by Crippen LogP contribution is -2.33. The van der Waals surface area contributed by atoms with Crippen LogP contribution < -0.4 is 14.9 Å². The zero-order chi connectivity index (χ0) is 19.8. The van der Waals surface area contributed by atoms with Crippen molar-refractivity contribution in [2.45, 2.75) is 17.4 Å². The van der Waals surface area contributed by atoms with Gasteiger partial charge in [-0.3, -0.25) is 4.79 Å². The van der Waals surface area contributed by atoms with E-state index >= 15 is 0 Å². The lowest BCUT2D eigenvalue weighted by atomic mass is 10.2. The SMILES string of the molecule is CNS(=O)(=O)c1ccc(NC2CCN(c3ccc(Cl)c(Cl)c3)C2=O)c(F)c1. The first kappa shape index (κ1) is 19.9. The standard InChI is InChI=1S/C17H16Cl2FN3O3S/c1-21-27(25,26)11-3-5-15(14(20)9-11)22-16-6-7-23(17(16)24)10-2-4-12(18)13(19)8-10/h2-5,8-9,16,21-22H,6-7H2,1H3. The number of nitrogens with zero attached hydrogens (tertiary/aromatic N) is 1. The van der Waals surface area contributed by atoms with Crippen LogP contribution in [0.4, 0.5) is 15.8 Å². The van der Waals surface area contributed by atoms with Crippen LogP contribution in [0.3, 0.4) is 0 Å². The first-order chi connectivity index (χ1) is 12.7. The highest BCUT2D eigenvalue weighted by Gasteiger charge is 2.33. The lowest BCUT2D eigenvalue weighted by Gasteiger charge is -2.18. The maximum absolute atomic E-state index is 14.3. The number of carbonyl (C=O) groups excluding carboxylic acids is 1. The van der Waals surface area contributed by atoms with E-state index in [9.17, 15) is 17.6 Å². The van der Waals surface area contributed by atoms with E-state index in [-0.39, 0.29) is 16.5 Å². The topological polar surface area (TPSA) is 78.5 Å². The molecule has 0 bridgehead atoms. The molecule has 1 atom stereocenters. The van der Waals surface area contributed by atoms with E-state index in [1.165, 1.54) is 24.1 Å². The largest absolute Gasteiger partial charge is 0.371 e. The Morgan fingerprint density at radius 3 is 2.52 bits per heavy atom. The molecule has 10 heteroatoms. The fourth-order valence-electron chi connectivity index (χ4n) is 2.81. The maximum Gasteiger partial charge on any atom is 0.249 e. The van der Waals surface area contributed by atoms with Crippen LogP contribution >= 0.6 is 23.2 Å². The number of sulfonamides is 1. The molecule has 1 aliphatic heterocycles. The molecular weight excluding hydrogens is 416 g/mol. The number of amides is 1. The summed E-state index contributed by atoms with van der Waals surface area (Å²) < 4.78 is 39.9. The summed E-state index contributed by atoms with van der Waals surface area (Å²) in [6.45, 7) is 0.433. The van der Waals surface area contributed by atoms with Gasteiger partial charge in [-0.05, 0) is 49.9 Å². The van der Waals surface area contributed by atoms with Gasteiger partial charge in [-0.1, -0.05) is 23.2 Å². The Kier molecular flexibility index (Phi) is 5.62. The molecule has 0 radical (unpaired) electrons. The molecule has 0 aromatic heterocycles. The van der Waals surface area contributed by atoms with Crippen molar-refractivity contribution >= 4 is 50.5 Å². The number of carbonyl (C=O) groups is 1. The minimum absolute atomic E-state index is 0.0550. The zero-order valence-corrected chi connectivity index (χ0v) is 16.5. The van der Waals surface area contributed by atoms with Gasteiger partial charge in [0.15, 0.2) is 0 Å². The van der Waals surface area contributed by atoms with Gasteiger partial charge in [0, 0.05) is 12.2 Å². The van der Waals surface area contributed by atoms with Gasteiger partial charge in [0.25, 0.3) is 0 Å². The summed E-state index contributed by atoms with van der Waals surface area (Å²) in [5.41, 5.74) is 0.661. The van der Waals surface area contributed by atoms with Crippen LogP contribution in [0.5, 0.6) is 0 Å². The van der Waals surface area contributed by atoms with Crippen molar-refractivity contribution in [1.82, 2.24) is 4.72 Å². The van der Waals surface area contributed by atoms with Crippen LogP contribution in [0.2, 0.25) is 10.0 Å². The summed E-state index contributed by atoms with van der Waals surface area (Å²) in [6.07, 6.45) is 0.453. The molecule has 1 aliphatic rings. The molecule has 6 nitrogen and oxygen atoms in total. The predicted molar refractivity (Wildman–Crippen MR) is 103 cm³/mol. The van der Waals surface area contributed by atoms with Crippen molar-refractivity contribution < 1.29 is 17.6 Å². The van der Waals surface area contributed by atoms with Gasteiger partial charge in [-0.25, -0.2) is 17.5 Å². The summed E-state index contributed by atoms with van der Waals surface area (Å²) in [7, 11) is -2.50. The number of hydrogen-bond acceptors (Lipinski definition) is 4. The Hall–Kier alpha value is -1.87. The number of rotatable bonds is 5. The first-order valence-corrected chi connectivity index (χ1v) is 10.2. The second kappa shape index (κ2) is 7.63. The number of nitrogens with one attached hydrogen (secondary N) is 2. The van der Waals surface area contributed by atoms with Gasteiger partial charge in [-0.15, -0.1) is 0 Å². The third-order valence-corrected chi connectivity index (χ3v) is 6.42. The Labute approximate surface area is 166 Å². The third-order valence-electron chi connectivity index (χ3n) is 4.27. The fraction of sp³-hybridized carbons (Fsp3) is 0.235. The molecule has 1 unspecified atom stereocenters. The Balaban J connectivity index is 1.77. The highest BCUT2D eigenvalue weighted by molar-refractivity contribution is 7.89. The van der Waals surface area contributed by atoms with Gasteiger partial charge < -0.3 is 10.2 Å². The Morgan fingerprint density at radius 1 is 1.15 bits per heavy atom. The molecule has 144 valence electrons. The molecule has 2 aromatic carbocycles. The van der Waals surface area contributed by atoms with Crippen molar-refractivity contribution in [3.05, 3.63) is 52.3 Å². The second-order valence-corrected chi connectivity index (χ2v) is 8.62. The smallest absolute Gasteiger partial charge is 0.249 e. The molecule has 1 fully saturated rings. The monoisotopic (exact) mass is 431 g/mol. The van der Waals surface area contributed by atoms with Crippen molar-refractivity contribution in [1.29, 1.82) is 0 Å². The Morgan fingerprint density at radius 2 is 1.89 bits per heavy atom. The molecule has 0 saturated carbocycles. The summed E-state index contributed by atoms with van der Waals surface area (Å²) in [4.78, 5) is 14.0. The van der Waals surface area contributed by atoms with Gasteiger partial charge >= 0.3 is 0 Å². The molecule has 27 heavy (non-hydrogen) atoms. The minimum atomic E-state index is -3.74. The average molecular weight is 432 g/mol. The van der Waals surface area contributed by atoms with Crippen LogP contribution in [-0.2, 0) is 14.8 Å². The van der Waals surface area contributed by atoms with E-state index in [2.05, 4.69) is 10.0 Å². The third kappa shape index (κ3) is 4.03. The van der Waals surface area contributed by atoms with E-state index < -0.39 is 21.9 Å². The fourth-order valence-corrected chi connectivity index (χ4v) is 3.84. The molecule has 0 aliphatic carbocycles. The molecule has 1 amide bonds. The molecule has 2 aromatic rings. The number of anilines is 2. The highest BCUT2D eigenvalue weighted by Crippen LogP contribution is 2.30. The summed E-state index contributed by atoms with van der Waals surface area (Å²) in [5, 5.41) is 3.57. The summed E-state index contributed by atoms with van der Waals surface area (Å²) in [5.74, 6) is -0.994. The van der Waals surface area contributed by atoms with Crippen molar-refractivity contribution in [3.8, 4) is 0 Å². The molecule has 0 spiro atoms. The molecule has 2 N–H and O–H groups in total. The highest BCUT2D eigenvalue weighted by atomic mass is 35.5. The first-order valence-electron chi connectivity index (χ1n) is 7.99. The van der Waals surface area contributed by atoms with Crippen LogP contribution in [0.1, 0.15) is 6.42 Å². The van der Waals surface area contributed by atoms with E-state index in [0.29, 0.717) is 28.7 Å². The van der Waals surface area contributed by atoms with Crippen LogP contribution in [0, 0.1) is 5.82 Å². The molecule has 1 heterocycles. The molecular formula is C17H16Cl2FN3O3S. The maximum atomic E-state index is 14.3. The lowest BCUT2D eigenvalue weighted by molar-refractivity contribution is -0.117. The molecule has 1 saturated heterocycles. The van der Waals surface area contributed by atoms with E-state index in [0.717, 1.165) is 6.07 Å². The number of benzene rings is 2. The number of halogens is 3. The van der Waals surface area contributed by atoms with E-state index in [1.807, 2.05) is 0 Å². The average Bonchev–Trinajstić information content (AvgIpc) is 2.99. The second-order valence-electron chi connectivity index (χ2n) is 5.92. The predicted octanol–water partition coefficient (Wildman–Crippen LogP) is 3.26. The van der Waals surface area contributed by atoms with Gasteiger partial charge in [0.1, 0.15) is 11.9 Å². The number of hydrogen-bond donors (Lipinski definition) is 2. The van der Waals surface area contributed by atoms with Gasteiger partial charge in [0.05, 0.1) is 20.6 Å². The van der Waals surface area contributed by atoms with Crippen LogP contribution in [0.25, 0.3) is 0 Å². The van der Waals surface area contributed by atoms with Gasteiger partial charge in [0.2, 0.25) is 15.9 Å². The van der Waals surface area contributed by atoms with Gasteiger partial charge in [-0.2, -0.15) is 0 Å². The quantitative estimate of drug-likeness (QED) is 0.761. The summed E-state index contributed by atoms with van der Waals surface area (Å²) >= 11 is 11.9. The van der Waals surface area contributed by atoms with Crippen LogP contribution in [0.15, 0.2) is 41.3 Å². The van der Waals surface area contributed by atoms with E-state index in [1.54, 1.807) is 18.2 Å². The Bertz CT molecular complexity index is 1000. The molecule has 3 rings (SSSR count). The summed E-state index contributed by atoms with van der Waals surface area (Å²) in [6, 6.07) is 7.73.